The van der Waals surface area contributed by atoms with Gasteiger partial charge < -0.3 is 19.9 Å². The molecular formula is C16H19NO6. The first-order chi connectivity index (χ1) is 11.1. The second-order valence-corrected chi connectivity index (χ2v) is 5.25. The second-order valence-electron chi connectivity index (χ2n) is 5.25. The minimum absolute atomic E-state index is 0.0612. The molecule has 1 aliphatic rings. The number of benzene rings is 1. The zero-order chi connectivity index (χ0) is 16.7. The Morgan fingerprint density at radius 1 is 1.30 bits per heavy atom. The summed E-state index contributed by atoms with van der Waals surface area (Å²) in [5, 5.41) is 11.5. The van der Waals surface area contributed by atoms with Crippen molar-refractivity contribution in [3.05, 3.63) is 35.9 Å². The van der Waals surface area contributed by atoms with Gasteiger partial charge in [-0.15, -0.1) is 0 Å². The van der Waals surface area contributed by atoms with E-state index in [1.54, 1.807) is 12.1 Å². The number of carboxylic acid groups (broad SMARTS) is 1. The van der Waals surface area contributed by atoms with Gasteiger partial charge in [0.05, 0.1) is 6.42 Å². The molecule has 0 unspecified atom stereocenters. The summed E-state index contributed by atoms with van der Waals surface area (Å²) < 4.78 is 10.2. The molecule has 0 spiro atoms. The lowest BCUT2D eigenvalue weighted by Gasteiger charge is -2.16. The standard InChI is InChI=1S/C16H19NO6/c18-14(23-10-11-5-2-1-3-6-11)9-12(16(20)21)17-15(19)13-7-4-8-22-13/h1-3,5-6,12-13H,4,7-10H2,(H,17,19)(H,20,21)/t12-,13+/m0/s1. The summed E-state index contributed by atoms with van der Waals surface area (Å²) in [6.07, 6.45) is 0.240. The van der Waals surface area contributed by atoms with Gasteiger partial charge in [0.15, 0.2) is 0 Å². The summed E-state index contributed by atoms with van der Waals surface area (Å²) in [6.45, 7) is 0.542. The lowest BCUT2D eigenvalue weighted by Crippen LogP contribution is -2.46. The van der Waals surface area contributed by atoms with Gasteiger partial charge in [0.1, 0.15) is 18.8 Å². The molecular weight excluding hydrogens is 302 g/mol. The van der Waals surface area contributed by atoms with Crippen molar-refractivity contribution in [2.75, 3.05) is 6.61 Å². The van der Waals surface area contributed by atoms with E-state index >= 15 is 0 Å². The van der Waals surface area contributed by atoms with Crippen LogP contribution in [0.15, 0.2) is 30.3 Å². The third-order valence-corrected chi connectivity index (χ3v) is 3.45. The maximum atomic E-state index is 11.9. The van der Waals surface area contributed by atoms with Gasteiger partial charge in [-0.25, -0.2) is 4.79 Å². The molecule has 1 amide bonds. The van der Waals surface area contributed by atoms with E-state index in [0.717, 1.165) is 12.0 Å². The molecule has 0 saturated carbocycles. The van der Waals surface area contributed by atoms with E-state index < -0.39 is 36.4 Å². The molecule has 124 valence electrons. The Hall–Kier alpha value is -2.41. The van der Waals surface area contributed by atoms with Crippen molar-refractivity contribution in [2.45, 2.75) is 38.0 Å². The number of hydrogen-bond donors (Lipinski definition) is 2. The topological polar surface area (TPSA) is 102 Å². The first kappa shape index (κ1) is 17.0. The van der Waals surface area contributed by atoms with Crippen molar-refractivity contribution < 1.29 is 29.0 Å². The fourth-order valence-corrected chi connectivity index (χ4v) is 2.21. The van der Waals surface area contributed by atoms with Crippen LogP contribution in [-0.2, 0) is 30.5 Å². The Bertz CT molecular complexity index is 553. The van der Waals surface area contributed by atoms with E-state index in [1.165, 1.54) is 0 Å². The highest BCUT2D eigenvalue weighted by Gasteiger charge is 2.29. The van der Waals surface area contributed by atoms with Crippen LogP contribution < -0.4 is 5.32 Å². The average Bonchev–Trinajstić information content (AvgIpc) is 3.07. The fourth-order valence-electron chi connectivity index (χ4n) is 2.21. The summed E-state index contributed by atoms with van der Waals surface area (Å²) >= 11 is 0. The number of ether oxygens (including phenoxy) is 2. The van der Waals surface area contributed by atoms with Crippen molar-refractivity contribution in [3.8, 4) is 0 Å². The number of nitrogens with one attached hydrogen (secondary N) is 1. The van der Waals surface area contributed by atoms with Crippen LogP contribution in [0.25, 0.3) is 0 Å². The van der Waals surface area contributed by atoms with Crippen LogP contribution >= 0.6 is 0 Å². The monoisotopic (exact) mass is 321 g/mol. The largest absolute Gasteiger partial charge is 0.480 e. The molecule has 7 heteroatoms. The molecule has 0 bridgehead atoms. The predicted molar refractivity (Wildman–Crippen MR) is 79.4 cm³/mol. The highest BCUT2D eigenvalue weighted by atomic mass is 16.5. The maximum Gasteiger partial charge on any atom is 0.326 e. The lowest BCUT2D eigenvalue weighted by molar-refractivity contribution is -0.151. The summed E-state index contributed by atoms with van der Waals surface area (Å²) in [5.41, 5.74) is 0.802. The number of esters is 1. The van der Waals surface area contributed by atoms with Crippen LogP contribution in [0.2, 0.25) is 0 Å². The van der Waals surface area contributed by atoms with Gasteiger partial charge in [-0.2, -0.15) is 0 Å². The maximum absolute atomic E-state index is 11.9. The molecule has 1 fully saturated rings. The van der Waals surface area contributed by atoms with E-state index in [0.29, 0.717) is 13.0 Å². The molecule has 0 aliphatic carbocycles. The normalized spacial score (nSPS) is 18.2. The molecule has 1 saturated heterocycles. The van der Waals surface area contributed by atoms with Gasteiger partial charge >= 0.3 is 11.9 Å². The van der Waals surface area contributed by atoms with Gasteiger partial charge in [-0.1, -0.05) is 30.3 Å². The van der Waals surface area contributed by atoms with E-state index in [9.17, 15) is 14.4 Å². The quantitative estimate of drug-likeness (QED) is 0.723. The first-order valence-corrected chi connectivity index (χ1v) is 7.40. The second kappa shape index (κ2) is 8.28. The summed E-state index contributed by atoms with van der Waals surface area (Å²) in [7, 11) is 0. The van der Waals surface area contributed by atoms with E-state index in [-0.39, 0.29) is 6.61 Å². The molecule has 2 rings (SSSR count). The lowest BCUT2D eigenvalue weighted by atomic mass is 10.1. The molecule has 1 aromatic carbocycles. The molecule has 1 heterocycles. The molecule has 0 radical (unpaired) electrons. The van der Waals surface area contributed by atoms with Crippen LogP contribution in [0.3, 0.4) is 0 Å². The molecule has 2 atom stereocenters. The number of carboxylic acids is 1. The number of carbonyl (C=O) groups is 3. The Kier molecular flexibility index (Phi) is 6.10. The van der Waals surface area contributed by atoms with Gasteiger partial charge in [0.2, 0.25) is 5.91 Å². The van der Waals surface area contributed by atoms with Gasteiger partial charge in [-0.3, -0.25) is 9.59 Å². The Balaban J connectivity index is 1.82. The predicted octanol–water partition coefficient (Wildman–Crippen LogP) is 0.868. The van der Waals surface area contributed by atoms with E-state index in [1.807, 2.05) is 18.2 Å². The van der Waals surface area contributed by atoms with Crippen molar-refractivity contribution >= 4 is 17.8 Å². The number of aliphatic carboxylic acids is 1. The highest BCUT2D eigenvalue weighted by Crippen LogP contribution is 2.12. The van der Waals surface area contributed by atoms with Crippen molar-refractivity contribution in [3.63, 3.8) is 0 Å². The zero-order valence-electron chi connectivity index (χ0n) is 12.6. The molecule has 1 aromatic rings. The third-order valence-electron chi connectivity index (χ3n) is 3.45. The SMILES string of the molecule is O=C(C[C@H](NC(=O)[C@H]1CCCO1)C(=O)O)OCc1ccccc1. The van der Waals surface area contributed by atoms with Crippen LogP contribution in [0.1, 0.15) is 24.8 Å². The van der Waals surface area contributed by atoms with Gasteiger partial charge in [0.25, 0.3) is 0 Å². The Labute approximate surface area is 133 Å². The van der Waals surface area contributed by atoms with Crippen LogP contribution in [0.5, 0.6) is 0 Å². The minimum Gasteiger partial charge on any atom is -0.480 e. The zero-order valence-corrected chi connectivity index (χ0v) is 12.6. The fraction of sp³-hybridized carbons (Fsp3) is 0.438. The number of rotatable bonds is 7. The molecule has 0 aromatic heterocycles. The summed E-state index contributed by atoms with van der Waals surface area (Å²) in [4.78, 5) is 34.8. The first-order valence-electron chi connectivity index (χ1n) is 7.40. The van der Waals surface area contributed by atoms with Crippen LogP contribution in [-0.4, -0.2) is 41.7 Å². The van der Waals surface area contributed by atoms with Gasteiger partial charge in [-0.05, 0) is 18.4 Å². The Morgan fingerprint density at radius 3 is 2.65 bits per heavy atom. The Morgan fingerprint density at radius 2 is 2.04 bits per heavy atom. The van der Waals surface area contributed by atoms with E-state index in [4.69, 9.17) is 14.6 Å². The highest BCUT2D eigenvalue weighted by molar-refractivity contribution is 5.89. The third kappa shape index (κ3) is 5.37. The minimum atomic E-state index is -1.32. The van der Waals surface area contributed by atoms with Crippen LogP contribution in [0.4, 0.5) is 0 Å². The van der Waals surface area contributed by atoms with Crippen molar-refractivity contribution in [1.82, 2.24) is 5.32 Å². The summed E-state index contributed by atoms with van der Waals surface area (Å²) in [6, 6.07) is 7.72. The summed E-state index contributed by atoms with van der Waals surface area (Å²) in [5.74, 6) is -2.48. The number of amides is 1. The molecule has 2 N–H and O–H groups in total. The van der Waals surface area contributed by atoms with E-state index in [2.05, 4.69) is 5.32 Å². The van der Waals surface area contributed by atoms with Crippen molar-refractivity contribution in [1.29, 1.82) is 0 Å². The molecule has 1 aliphatic heterocycles. The number of hydrogen-bond acceptors (Lipinski definition) is 5. The number of carbonyl (C=O) groups excluding carboxylic acids is 2. The smallest absolute Gasteiger partial charge is 0.326 e. The molecule has 7 nitrogen and oxygen atoms in total. The van der Waals surface area contributed by atoms with Gasteiger partial charge in [0, 0.05) is 6.61 Å². The van der Waals surface area contributed by atoms with Crippen LogP contribution in [0, 0.1) is 0 Å². The average molecular weight is 321 g/mol. The van der Waals surface area contributed by atoms with Crippen molar-refractivity contribution in [2.24, 2.45) is 0 Å². The molecule has 23 heavy (non-hydrogen) atoms.